The fraction of sp³-hybridized carbons (Fsp3) is 0.464. The van der Waals surface area contributed by atoms with Crippen LogP contribution in [0.4, 0.5) is 5.69 Å². The molecule has 4 fully saturated rings. The van der Waals surface area contributed by atoms with Crippen molar-refractivity contribution in [3.05, 3.63) is 47.2 Å². The van der Waals surface area contributed by atoms with E-state index in [1.165, 1.54) is 0 Å². The largest absolute Gasteiger partial charge is 0.381 e. The minimum absolute atomic E-state index is 0. The maximum Gasteiger partial charge on any atom is 0.151 e. The Kier molecular flexibility index (Phi) is 8.06. The topological polar surface area (TPSA) is 127 Å². The van der Waals surface area contributed by atoms with Crippen LogP contribution < -0.4 is 11.1 Å². The summed E-state index contributed by atoms with van der Waals surface area (Å²) in [5.74, 6) is 0. The van der Waals surface area contributed by atoms with Gasteiger partial charge < -0.3 is 15.8 Å². The molecule has 9 nitrogen and oxygen atoms in total. The summed E-state index contributed by atoms with van der Waals surface area (Å²) < 4.78 is 7.42. The number of halogens is 2. The Morgan fingerprint density at radius 2 is 1.77 bits per heavy atom. The molecule has 1 saturated heterocycles. The predicted octanol–water partition coefficient (Wildman–Crippen LogP) is 5.52. The predicted molar refractivity (Wildman–Crippen MR) is 160 cm³/mol. The molecule has 0 amide bonds. The van der Waals surface area contributed by atoms with Gasteiger partial charge in [-0.3, -0.25) is 4.98 Å². The lowest BCUT2D eigenvalue weighted by Gasteiger charge is -2.50. The van der Waals surface area contributed by atoms with Crippen LogP contribution in [-0.2, 0) is 10.2 Å². The van der Waals surface area contributed by atoms with Crippen molar-refractivity contribution < 1.29 is 4.74 Å². The van der Waals surface area contributed by atoms with E-state index < -0.39 is 0 Å². The summed E-state index contributed by atoms with van der Waals surface area (Å²) in [5.41, 5.74) is 11.8. The molecule has 0 aromatic carbocycles. The molecule has 0 radical (unpaired) electrons. The van der Waals surface area contributed by atoms with E-state index in [0.29, 0.717) is 11.6 Å². The first kappa shape index (κ1) is 28.7. The van der Waals surface area contributed by atoms with Gasteiger partial charge in [0.15, 0.2) is 5.01 Å². The zero-order valence-electron chi connectivity index (χ0n) is 22.0. The summed E-state index contributed by atoms with van der Waals surface area (Å²) in [4.78, 5) is 4.85. The second kappa shape index (κ2) is 11.2. The van der Waals surface area contributed by atoms with Crippen molar-refractivity contribution in [3.8, 4) is 28.0 Å². The highest BCUT2D eigenvalue weighted by Crippen LogP contribution is 2.53. The second-order valence-corrected chi connectivity index (χ2v) is 12.1. The molecular weight excluding hydrogens is 567 g/mol. The van der Waals surface area contributed by atoms with Crippen molar-refractivity contribution >= 4 is 47.4 Å². The zero-order chi connectivity index (χ0) is 25.7. The lowest BCUT2D eigenvalue weighted by Crippen LogP contribution is -2.53. The van der Waals surface area contributed by atoms with Gasteiger partial charge in [-0.05, 0) is 75.6 Å². The summed E-state index contributed by atoms with van der Waals surface area (Å²) in [5, 5.41) is 29.0. The first-order chi connectivity index (χ1) is 18.5. The SMILES string of the molecule is Cl.Cl.N#Cc1cnn2c(-c3cc(NC4CCOCC4)c(-c4nnc(C56CCC(N)(CC5)CC6)s4)cn3)ccc2c1. The van der Waals surface area contributed by atoms with Gasteiger partial charge in [-0.25, -0.2) is 4.52 Å². The van der Waals surface area contributed by atoms with E-state index in [-0.39, 0.29) is 35.8 Å². The van der Waals surface area contributed by atoms with Crippen molar-refractivity contribution in [2.24, 2.45) is 5.73 Å². The van der Waals surface area contributed by atoms with Crippen molar-refractivity contribution in [3.63, 3.8) is 0 Å². The number of pyridine rings is 1. The van der Waals surface area contributed by atoms with Crippen molar-refractivity contribution in [1.29, 1.82) is 5.26 Å². The minimum Gasteiger partial charge on any atom is -0.381 e. The van der Waals surface area contributed by atoms with Crippen LogP contribution in [0, 0.1) is 11.3 Å². The number of hydrogen-bond acceptors (Lipinski definition) is 9. The number of nitrogens with two attached hydrogens (primary N) is 1. The Hall–Kier alpha value is -2.81. The highest BCUT2D eigenvalue weighted by atomic mass is 35.5. The number of nitrogens with zero attached hydrogens (tertiary/aromatic N) is 6. The van der Waals surface area contributed by atoms with Crippen LogP contribution in [0.2, 0.25) is 0 Å². The number of rotatable bonds is 5. The van der Waals surface area contributed by atoms with E-state index in [1.54, 1.807) is 17.5 Å². The first-order valence-electron chi connectivity index (χ1n) is 13.4. The summed E-state index contributed by atoms with van der Waals surface area (Å²) in [6.45, 7) is 1.51. The average molecular weight is 600 g/mol. The Bertz CT molecular complexity index is 1530. The zero-order valence-corrected chi connectivity index (χ0v) is 24.5. The number of aromatic nitrogens is 5. The average Bonchev–Trinajstić information content (AvgIpc) is 3.62. The lowest BCUT2D eigenvalue weighted by molar-refractivity contribution is 0.0904. The van der Waals surface area contributed by atoms with Crippen LogP contribution in [0.3, 0.4) is 0 Å². The summed E-state index contributed by atoms with van der Waals surface area (Å²) in [6, 6.07) is 10.4. The van der Waals surface area contributed by atoms with E-state index >= 15 is 0 Å². The van der Waals surface area contributed by atoms with Crippen LogP contribution in [0.15, 0.2) is 36.7 Å². The third-order valence-electron chi connectivity index (χ3n) is 8.79. The lowest BCUT2D eigenvalue weighted by atomic mass is 9.58. The van der Waals surface area contributed by atoms with E-state index in [0.717, 1.165) is 103 Å². The molecule has 4 aliphatic rings. The van der Waals surface area contributed by atoms with E-state index in [9.17, 15) is 5.26 Å². The Morgan fingerprint density at radius 3 is 2.50 bits per heavy atom. The summed E-state index contributed by atoms with van der Waals surface area (Å²) in [6.07, 6.45) is 11.9. The third-order valence-corrected chi connectivity index (χ3v) is 9.99. The van der Waals surface area contributed by atoms with Gasteiger partial charge in [0.05, 0.1) is 34.2 Å². The molecule has 2 bridgehead atoms. The van der Waals surface area contributed by atoms with Gasteiger partial charge in [0.2, 0.25) is 0 Å². The summed E-state index contributed by atoms with van der Waals surface area (Å²) >= 11 is 1.71. The number of anilines is 1. The molecule has 3 aliphatic carbocycles. The molecule has 3 saturated carbocycles. The number of nitriles is 1. The normalized spacial score (nSPS) is 24.2. The molecule has 0 atom stereocenters. The quantitative estimate of drug-likeness (QED) is 0.307. The standard InChI is InChI=1S/C28H30N8OS.2ClH/c29-15-18-13-20-1-2-24(36(20)32-16-18)23-14-22(33-19-3-11-37-12-4-19)21(17-31-23)25-34-35-26(38-25)27-5-8-28(30,9-6-27)10-7-27;;/h1-2,13-14,16-17,19H,3-12,30H2,(H,31,33);2*1H. The van der Waals surface area contributed by atoms with Gasteiger partial charge in [0, 0.05) is 42.1 Å². The molecule has 3 N–H and O–H groups in total. The van der Waals surface area contributed by atoms with Gasteiger partial charge in [-0.1, -0.05) is 11.3 Å². The Labute approximate surface area is 249 Å². The van der Waals surface area contributed by atoms with Crippen LogP contribution in [0.25, 0.3) is 27.5 Å². The second-order valence-electron chi connectivity index (χ2n) is 11.1. The first-order valence-corrected chi connectivity index (χ1v) is 14.2. The minimum atomic E-state index is 0. The van der Waals surface area contributed by atoms with Gasteiger partial charge in [-0.15, -0.1) is 35.0 Å². The van der Waals surface area contributed by atoms with Crippen LogP contribution in [0.1, 0.15) is 61.9 Å². The van der Waals surface area contributed by atoms with Gasteiger partial charge in [0.1, 0.15) is 11.1 Å². The van der Waals surface area contributed by atoms with Crippen molar-refractivity contribution in [2.75, 3.05) is 18.5 Å². The summed E-state index contributed by atoms with van der Waals surface area (Å²) in [7, 11) is 0. The number of ether oxygens (including phenoxy) is 1. The van der Waals surface area contributed by atoms with E-state index in [4.69, 9.17) is 20.6 Å². The van der Waals surface area contributed by atoms with Crippen LogP contribution >= 0.6 is 36.2 Å². The van der Waals surface area contributed by atoms with E-state index in [2.05, 4.69) is 27.6 Å². The van der Waals surface area contributed by atoms with Crippen LogP contribution in [0.5, 0.6) is 0 Å². The molecule has 5 heterocycles. The number of nitrogens with one attached hydrogen (secondary N) is 1. The fourth-order valence-electron chi connectivity index (χ4n) is 6.28. The molecule has 4 aromatic heterocycles. The Balaban J connectivity index is 0.00000161. The molecule has 8 rings (SSSR count). The maximum atomic E-state index is 9.24. The van der Waals surface area contributed by atoms with Gasteiger partial charge in [0.25, 0.3) is 0 Å². The molecule has 4 aromatic rings. The fourth-order valence-corrected chi connectivity index (χ4v) is 7.43. The maximum absolute atomic E-state index is 9.24. The van der Waals surface area contributed by atoms with E-state index in [1.807, 2.05) is 28.9 Å². The van der Waals surface area contributed by atoms with Crippen molar-refractivity contribution in [1.82, 2.24) is 24.8 Å². The number of hydrogen-bond donors (Lipinski definition) is 2. The molecule has 40 heavy (non-hydrogen) atoms. The third kappa shape index (κ3) is 5.06. The van der Waals surface area contributed by atoms with Crippen molar-refractivity contribution in [2.45, 2.75) is 68.4 Å². The molecule has 1 aliphatic heterocycles. The number of fused-ring (bicyclic) bond motifs is 4. The monoisotopic (exact) mass is 598 g/mol. The molecule has 210 valence electrons. The van der Waals surface area contributed by atoms with Gasteiger partial charge in [-0.2, -0.15) is 10.4 Å². The van der Waals surface area contributed by atoms with Crippen LogP contribution in [-0.4, -0.2) is 49.6 Å². The smallest absolute Gasteiger partial charge is 0.151 e. The molecule has 12 heteroatoms. The molecule has 0 unspecified atom stereocenters. The van der Waals surface area contributed by atoms with Gasteiger partial charge >= 0.3 is 0 Å². The Morgan fingerprint density at radius 1 is 1.02 bits per heavy atom. The molecular formula is C28H32Cl2N8OS. The highest BCUT2D eigenvalue weighted by Gasteiger charge is 2.49. The highest BCUT2D eigenvalue weighted by molar-refractivity contribution is 7.14. The molecule has 0 spiro atoms.